The van der Waals surface area contributed by atoms with Crippen molar-refractivity contribution in [2.45, 2.75) is 13.5 Å². The third-order valence-corrected chi connectivity index (χ3v) is 2.95. The normalized spacial score (nSPS) is 10.1. The van der Waals surface area contributed by atoms with Crippen LogP contribution in [0.5, 0.6) is 0 Å². The lowest BCUT2D eigenvalue weighted by Gasteiger charge is -2.10. The van der Waals surface area contributed by atoms with Crippen molar-refractivity contribution in [3.8, 4) is 0 Å². The van der Waals surface area contributed by atoms with Gasteiger partial charge < -0.3 is 5.32 Å². The predicted octanol–water partition coefficient (Wildman–Crippen LogP) is 4.26. The maximum absolute atomic E-state index is 6.16. The zero-order valence-corrected chi connectivity index (χ0v) is 9.96. The van der Waals surface area contributed by atoms with Gasteiger partial charge in [-0.3, -0.25) is 0 Å². The third-order valence-electron chi connectivity index (χ3n) is 2.60. The van der Waals surface area contributed by atoms with Crippen LogP contribution < -0.4 is 5.32 Å². The first-order valence-corrected chi connectivity index (χ1v) is 5.68. The fraction of sp³-hybridized carbons (Fsp3) is 0.143. The topological polar surface area (TPSA) is 12.0 Å². The van der Waals surface area contributed by atoms with Gasteiger partial charge in [0.15, 0.2) is 0 Å². The average molecular weight is 232 g/mol. The summed E-state index contributed by atoms with van der Waals surface area (Å²) in [6.07, 6.45) is 0. The van der Waals surface area contributed by atoms with Crippen molar-refractivity contribution in [1.29, 1.82) is 0 Å². The van der Waals surface area contributed by atoms with Gasteiger partial charge in [0.1, 0.15) is 0 Å². The minimum absolute atomic E-state index is 0.759. The van der Waals surface area contributed by atoms with Crippen molar-refractivity contribution in [2.24, 2.45) is 0 Å². The average Bonchev–Trinajstić information content (AvgIpc) is 2.30. The Hall–Kier alpha value is -1.47. The van der Waals surface area contributed by atoms with Crippen molar-refractivity contribution in [2.75, 3.05) is 5.32 Å². The molecule has 1 N–H and O–H groups in total. The van der Waals surface area contributed by atoms with Crippen LogP contribution in [-0.2, 0) is 6.54 Å². The summed E-state index contributed by atoms with van der Waals surface area (Å²) in [5.41, 5.74) is 3.49. The molecule has 0 aliphatic rings. The molecule has 0 unspecified atom stereocenters. The molecule has 2 aromatic rings. The molecule has 0 aromatic heterocycles. The monoisotopic (exact) mass is 231 g/mol. The van der Waals surface area contributed by atoms with E-state index >= 15 is 0 Å². The largest absolute Gasteiger partial charge is 0.381 e. The first-order chi connectivity index (χ1) is 7.77. The van der Waals surface area contributed by atoms with Gasteiger partial charge in [0, 0.05) is 17.3 Å². The van der Waals surface area contributed by atoms with Crippen LogP contribution in [0, 0.1) is 6.92 Å². The molecule has 0 bridgehead atoms. The van der Waals surface area contributed by atoms with Crippen molar-refractivity contribution < 1.29 is 0 Å². The number of anilines is 1. The Morgan fingerprint density at radius 2 is 1.75 bits per heavy atom. The number of aryl methyl sites for hydroxylation is 1. The summed E-state index contributed by atoms with van der Waals surface area (Å²) in [6, 6.07) is 16.1. The van der Waals surface area contributed by atoms with Crippen molar-refractivity contribution in [1.82, 2.24) is 0 Å². The molecule has 16 heavy (non-hydrogen) atoms. The summed E-state index contributed by atoms with van der Waals surface area (Å²) in [5.74, 6) is 0. The van der Waals surface area contributed by atoms with Crippen LogP contribution in [-0.4, -0.2) is 0 Å². The van der Waals surface area contributed by atoms with Gasteiger partial charge in [0.25, 0.3) is 0 Å². The minimum Gasteiger partial charge on any atom is -0.381 e. The molecule has 0 atom stereocenters. The van der Waals surface area contributed by atoms with Gasteiger partial charge in [-0.1, -0.05) is 41.9 Å². The highest BCUT2D eigenvalue weighted by atomic mass is 35.5. The number of hydrogen-bond acceptors (Lipinski definition) is 1. The van der Waals surface area contributed by atoms with Crippen LogP contribution in [0.1, 0.15) is 11.1 Å². The van der Waals surface area contributed by atoms with Gasteiger partial charge >= 0.3 is 0 Å². The lowest BCUT2D eigenvalue weighted by atomic mass is 10.1. The molecular weight excluding hydrogens is 218 g/mol. The van der Waals surface area contributed by atoms with Crippen LogP contribution in [0.2, 0.25) is 5.02 Å². The molecule has 0 aliphatic carbocycles. The molecule has 1 nitrogen and oxygen atoms in total. The molecule has 82 valence electrons. The first-order valence-electron chi connectivity index (χ1n) is 5.30. The van der Waals surface area contributed by atoms with E-state index in [4.69, 9.17) is 11.6 Å². The summed E-state index contributed by atoms with van der Waals surface area (Å²) in [5, 5.41) is 4.18. The van der Waals surface area contributed by atoms with Crippen molar-refractivity contribution in [3.05, 3.63) is 64.7 Å². The standard InChI is InChI=1S/C14H14ClN/c1-11-6-5-9-14(15)13(11)10-16-12-7-3-2-4-8-12/h2-9,16H,10H2,1H3. The predicted molar refractivity (Wildman–Crippen MR) is 70.0 cm³/mol. The molecule has 0 heterocycles. The summed E-state index contributed by atoms with van der Waals surface area (Å²) < 4.78 is 0. The minimum atomic E-state index is 0.759. The van der Waals surface area contributed by atoms with Gasteiger partial charge in [-0.25, -0.2) is 0 Å². The van der Waals surface area contributed by atoms with E-state index < -0.39 is 0 Å². The molecule has 2 heteroatoms. The Kier molecular flexibility index (Phi) is 3.47. The van der Waals surface area contributed by atoms with Crippen LogP contribution in [0.15, 0.2) is 48.5 Å². The Balaban J connectivity index is 2.11. The van der Waals surface area contributed by atoms with Gasteiger partial charge in [0.05, 0.1) is 0 Å². The lowest BCUT2D eigenvalue weighted by Crippen LogP contribution is -2.01. The molecule has 0 spiro atoms. The maximum atomic E-state index is 6.16. The number of para-hydroxylation sites is 1. The molecule has 0 saturated carbocycles. The van der Waals surface area contributed by atoms with Crippen LogP contribution >= 0.6 is 11.6 Å². The summed E-state index contributed by atoms with van der Waals surface area (Å²) in [4.78, 5) is 0. The summed E-state index contributed by atoms with van der Waals surface area (Å²) in [7, 11) is 0. The number of rotatable bonds is 3. The Bertz CT molecular complexity index is 445. The van der Waals surface area contributed by atoms with Crippen molar-refractivity contribution >= 4 is 17.3 Å². The van der Waals surface area contributed by atoms with E-state index in [9.17, 15) is 0 Å². The number of nitrogens with one attached hydrogen (secondary N) is 1. The maximum Gasteiger partial charge on any atom is 0.0458 e. The van der Waals surface area contributed by atoms with E-state index in [1.807, 2.05) is 42.5 Å². The summed E-state index contributed by atoms with van der Waals surface area (Å²) >= 11 is 6.16. The van der Waals surface area contributed by atoms with Gasteiger partial charge in [-0.05, 0) is 36.2 Å². The highest BCUT2D eigenvalue weighted by Crippen LogP contribution is 2.20. The van der Waals surface area contributed by atoms with Gasteiger partial charge in [-0.15, -0.1) is 0 Å². The second-order valence-electron chi connectivity index (χ2n) is 3.75. The van der Waals surface area contributed by atoms with E-state index in [0.717, 1.165) is 22.8 Å². The third kappa shape index (κ3) is 2.56. The van der Waals surface area contributed by atoms with Gasteiger partial charge in [0.2, 0.25) is 0 Å². The lowest BCUT2D eigenvalue weighted by molar-refractivity contribution is 1.12. The van der Waals surface area contributed by atoms with Crippen LogP contribution in [0.25, 0.3) is 0 Å². The molecular formula is C14H14ClN. The summed E-state index contributed by atoms with van der Waals surface area (Å²) in [6.45, 7) is 2.84. The number of hydrogen-bond donors (Lipinski definition) is 1. The zero-order chi connectivity index (χ0) is 11.4. The first kappa shape index (κ1) is 11.0. The Labute approximate surface area is 101 Å². The molecule has 0 amide bonds. The molecule has 0 radical (unpaired) electrons. The Morgan fingerprint density at radius 1 is 1.00 bits per heavy atom. The number of benzene rings is 2. The smallest absolute Gasteiger partial charge is 0.0458 e. The highest BCUT2D eigenvalue weighted by Gasteiger charge is 2.02. The quantitative estimate of drug-likeness (QED) is 0.832. The fourth-order valence-electron chi connectivity index (χ4n) is 1.64. The molecule has 2 aromatic carbocycles. The van der Waals surface area contributed by atoms with Crippen LogP contribution in [0.4, 0.5) is 5.69 Å². The van der Waals surface area contributed by atoms with E-state index in [-0.39, 0.29) is 0 Å². The molecule has 0 fully saturated rings. The fourth-order valence-corrected chi connectivity index (χ4v) is 1.93. The number of halogens is 1. The highest BCUT2D eigenvalue weighted by molar-refractivity contribution is 6.31. The molecule has 0 aliphatic heterocycles. The van der Waals surface area contributed by atoms with Crippen LogP contribution in [0.3, 0.4) is 0 Å². The van der Waals surface area contributed by atoms with E-state index in [2.05, 4.69) is 18.3 Å². The second-order valence-corrected chi connectivity index (χ2v) is 4.16. The van der Waals surface area contributed by atoms with Crippen molar-refractivity contribution in [3.63, 3.8) is 0 Å². The van der Waals surface area contributed by atoms with Gasteiger partial charge in [-0.2, -0.15) is 0 Å². The zero-order valence-electron chi connectivity index (χ0n) is 9.20. The molecule has 0 saturated heterocycles. The van der Waals surface area contributed by atoms with E-state index in [1.165, 1.54) is 5.56 Å². The second kappa shape index (κ2) is 5.04. The SMILES string of the molecule is Cc1cccc(Cl)c1CNc1ccccc1. The van der Waals surface area contributed by atoms with E-state index in [1.54, 1.807) is 0 Å². The van der Waals surface area contributed by atoms with E-state index in [0.29, 0.717) is 0 Å². The Morgan fingerprint density at radius 3 is 2.44 bits per heavy atom. The molecule has 2 rings (SSSR count).